The van der Waals surface area contributed by atoms with Crippen LogP contribution in [0, 0.1) is 6.92 Å². The predicted octanol–water partition coefficient (Wildman–Crippen LogP) is 2.47. The highest BCUT2D eigenvalue weighted by Crippen LogP contribution is 2.16. The van der Waals surface area contributed by atoms with E-state index >= 15 is 0 Å². The summed E-state index contributed by atoms with van der Waals surface area (Å²) in [6.07, 6.45) is 0. The fraction of sp³-hybridized carbons (Fsp3) is 0.533. The van der Waals surface area contributed by atoms with Crippen LogP contribution in [0.5, 0.6) is 5.75 Å². The second-order valence-electron chi connectivity index (χ2n) is 5.66. The molecule has 0 spiro atoms. The average Bonchev–Trinajstić information content (AvgIpc) is 2.32. The summed E-state index contributed by atoms with van der Waals surface area (Å²) in [5.74, 6) is 1.68. The molecule has 1 rings (SSSR count). The Bertz CT molecular complexity index is 447. The number of methoxy groups -OCH3 is 1. The molecule has 19 heavy (non-hydrogen) atoms. The molecule has 0 fully saturated rings. The lowest BCUT2D eigenvalue weighted by Gasteiger charge is -2.23. The van der Waals surface area contributed by atoms with Gasteiger partial charge in [0, 0.05) is 19.1 Å². The van der Waals surface area contributed by atoms with Crippen molar-refractivity contribution in [2.75, 3.05) is 14.2 Å². The number of guanidine groups is 1. The monoisotopic (exact) mass is 263 g/mol. The summed E-state index contributed by atoms with van der Waals surface area (Å²) in [4.78, 5) is 4.22. The normalized spacial score (nSPS) is 12.2. The Balaban J connectivity index is 2.68. The van der Waals surface area contributed by atoms with Gasteiger partial charge in [0.1, 0.15) is 5.75 Å². The minimum absolute atomic E-state index is 0.00780. The maximum Gasteiger partial charge on any atom is 0.191 e. The van der Waals surface area contributed by atoms with E-state index in [0.29, 0.717) is 6.54 Å². The molecule has 0 atom stereocenters. The summed E-state index contributed by atoms with van der Waals surface area (Å²) in [6.45, 7) is 9.10. The molecule has 0 heterocycles. The van der Waals surface area contributed by atoms with E-state index in [2.05, 4.69) is 49.4 Å². The highest BCUT2D eigenvalue weighted by atomic mass is 16.5. The number of hydrogen-bond acceptors (Lipinski definition) is 2. The number of aryl methyl sites for hydroxylation is 1. The van der Waals surface area contributed by atoms with Gasteiger partial charge in [-0.2, -0.15) is 0 Å². The molecule has 0 aliphatic rings. The van der Waals surface area contributed by atoms with Crippen LogP contribution in [-0.4, -0.2) is 25.7 Å². The van der Waals surface area contributed by atoms with Crippen LogP contribution in [0.15, 0.2) is 23.2 Å². The van der Waals surface area contributed by atoms with Crippen LogP contribution >= 0.6 is 0 Å². The Morgan fingerprint density at radius 3 is 2.47 bits per heavy atom. The van der Waals surface area contributed by atoms with Crippen LogP contribution in [0.3, 0.4) is 0 Å². The van der Waals surface area contributed by atoms with Gasteiger partial charge in [0.15, 0.2) is 5.96 Å². The van der Waals surface area contributed by atoms with Gasteiger partial charge < -0.3 is 15.4 Å². The number of rotatable bonds is 3. The van der Waals surface area contributed by atoms with E-state index < -0.39 is 0 Å². The Kier molecular flexibility index (Phi) is 5.21. The number of hydrogen-bond donors (Lipinski definition) is 2. The van der Waals surface area contributed by atoms with Crippen molar-refractivity contribution in [3.05, 3.63) is 29.3 Å². The second kappa shape index (κ2) is 6.45. The summed E-state index contributed by atoms with van der Waals surface area (Å²) in [6, 6.07) is 6.19. The highest BCUT2D eigenvalue weighted by Gasteiger charge is 2.11. The molecule has 1 aromatic carbocycles. The average molecular weight is 263 g/mol. The van der Waals surface area contributed by atoms with Crippen molar-refractivity contribution in [2.24, 2.45) is 4.99 Å². The zero-order chi connectivity index (χ0) is 14.5. The molecule has 4 nitrogen and oxygen atoms in total. The first kappa shape index (κ1) is 15.3. The fourth-order valence-electron chi connectivity index (χ4n) is 1.76. The van der Waals surface area contributed by atoms with Crippen LogP contribution in [0.2, 0.25) is 0 Å². The van der Waals surface area contributed by atoms with Crippen LogP contribution in [0.1, 0.15) is 31.9 Å². The molecular formula is C15H25N3O. The van der Waals surface area contributed by atoms with E-state index in [4.69, 9.17) is 4.74 Å². The van der Waals surface area contributed by atoms with E-state index in [-0.39, 0.29) is 5.54 Å². The summed E-state index contributed by atoms with van der Waals surface area (Å²) in [5, 5.41) is 6.63. The van der Waals surface area contributed by atoms with Gasteiger partial charge in [-0.25, -0.2) is 0 Å². The highest BCUT2D eigenvalue weighted by molar-refractivity contribution is 5.80. The van der Waals surface area contributed by atoms with Crippen LogP contribution in [0.4, 0.5) is 0 Å². The molecule has 4 heteroatoms. The zero-order valence-corrected chi connectivity index (χ0v) is 12.8. The van der Waals surface area contributed by atoms with E-state index in [0.717, 1.165) is 11.7 Å². The summed E-state index contributed by atoms with van der Waals surface area (Å²) in [5.41, 5.74) is 2.36. The largest absolute Gasteiger partial charge is 0.497 e. The topological polar surface area (TPSA) is 45.7 Å². The molecule has 0 unspecified atom stereocenters. The molecule has 0 amide bonds. The molecule has 2 N–H and O–H groups in total. The smallest absolute Gasteiger partial charge is 0.191 e. The Morgan fingerprint density at radius 2 is 1.95 bits per heavy atom. The number of nitrogens with one attached hydrogen (secondary N) is 2. The number of benzene rings is 1. The first-order valence-corrected chi connectivity index (χ1v) is 6.47. The lowest BCUT2D eigenvalue weighted by atomic mass is 10.1. The van der Waals surface area contributed by atoms with E-state index in [1.165, 1.54) is 11.1 Å². The minimum Gasteiger partial charge on any atom is -0.497 e. The maximum atomic E-state index is 5.28. The summed E-state index contributed by atoms with van der Waals surface area (Å²) < 4.78 is 5.28. The number of nitrogens with zero attached hydrogens (tertiary/aromatic N) is 1. The third kappa shape index (κ3) is 5.64. The standard InChI is InChI=1S/C15H25N3O/c1-11-7-12(9-13(8-11)19-6)10-17-14(16-5)18-15(2,3)4/h7-9H,10H2,1-6H3,(H2,16,17,18). The molecular weight excluding hydrogens is 238 g/mol. The Hall–Kier alpha value is -1.71. The first-order valence-electron chi connectivity index (χ1n) is 6.47. The van der Waals surface area contributed by atoms with Crippen molar-refractivity contribution < 1.29 is 4.74 Å². The van der Waals surface area contributed by atoms with Gasteiger partial charge in [0.05, 0.1) is 7.11 Å². The lowest BCUT2D eigenvalue weighted by Crippen LogP contribution is -2.47. The van der Waals surface area contributed by atoms with Crippen LogP contribution in [-0.2, 0) is 6.54 Å². The van der Waals surface area contributed by atoms with Crippen LogP contribution in [0.25, 0.3) is 0 Å². The first-order chi connectivity index (χ1) is 8.84. The van der Waals surface area contributed by atoms with Gasteiger partial charge >= 0.3 is 0 Å². The van der Waals surface area contributed by atoms with Gasteiger partial charge in [-0.15, -0.1) is 0 Å². The van der Waals surface area contributed by atoms with Gasteiger partial charge in [-0.1, -0.05) is 6.07 Å². The lowest BCUT2D eigenvalue weighted by molar-refractivity contribution is 0.414. The molecule has 0 bridgehead atoms. The number of aliphatic imine (C=N–C) groups is 1. The van der Waals surface area contributed by atoms with Gasteiger partial charge in [-0.05, 0) is 51.0 Å². The molecule has 0 saturated heterocycles. The van der Waals surface area contributed by atoms with Crippen molar-refractivity contribution in [1.29, 1.82) is 0 Å². The maximum absolute atomic E-state index is 5.28. The van der Waals surface area contributed by atoms with Crippen molar-refractivity contribution in [2.45, 2.75) is 39.8 Å². The SMILES string of the molecule is CN=C(NCc1cc(C)cc(OC)c1)NC(C)(C)C. The molecule has 0 saturated carbocycles. The Morgan fingerprint density at radius 1 is 1.26 bits per heavy atom. The third-order valence-corrected chi connectivity index (χ3v) is 2.52. The van der Waals surface area contributed by atoms with Crippen molar-refractivity contribution in [3.8, 4) is 5.75 Å². The van der Waals surface area contributed by atoms with Gasteiger partial charge in [0.25, 0.3) is 0 Å². The van der Waals surface area contributed by atoms with E-state index in [9.17, 15) is 0 Å². The van der Waals surface area contributed by atoms with Gasteiger partial charge in [-0.3, -0.25) is 4.99 Å². The molecule has 1 aromatic rings. The molecule has 0 radical (unpaired) electrons. The van der Waals surface area contributed by atoms with Crippen molar-refractivity contribution in [3.63, 3.8) is 0 Å². The number of ether oxygens (including phenoxy) is 1. The zero-order valence-electron chi connectivity index (χ0n) is 12.8. The summed E-state index contributed by atoms with van der Waals surface area (Å²) >= 11 is 0. The summed E-state index contributed by atoms with van der Waals surface area (Å²) in [7, 11) is 3.46. The second-order valence-corrected chi connectivity index (χ2v) is 5.66. The fourth-order valence-corrected chi connectivity index (χ4v) is 1.76. The van der Waals surface area contributed by atoms with Crippen molar-refractivity contribution >= 4 is 5.96 Å². The van der Waals surface area contributed by atoms with Crippen molar-refractivity contribution in [1.82, 2.24) is 10.6 Å². The van der Waals surface area contributed by atoms with Gasteiger partial charge in [0.2, 0.25) is 0 Å². The van der Waals surface area contributed by atoms with E-state index in [1.807, 2.05) is 12.1 Å². The van der Waals surface area contributed by atoms with E-state index in [1.54, 1.807) is 14.2 Å². The minimum atomic E-state index is -0.00780. The predicted molar refractivity (Wildman–Crippen MR) is 80.8 cm³/mol. The van der Waals surface area contributed by atoms with Crippen LogP contribution < -0.4 is 15.4 Å². The third-order valence-electron chi connectivity index (χ3n) is 2.52. The molecule has 0 aliphatic carbocycles. The Labute approximate surface area is 116 Å². The molecule has 0 aromatic heterocycles. The molecule has 0 aliphatic heterocycles. The quantitative estimate of drug-likeness (QED) is 0.650. The molecule has 106 valence electrons.